The van der Waals surface area contributed by atoms with Crippen molar-refractivity contribution in [2.45, 2.75) is 26.7 Å². The van der Waals surface area contributed by atoms with Crippen molar-refractivity contribution in [3.63, 3.8) is 0 Å². The summed E-state index contributed by atoms with van der Waals surface area (Å²) in [6.45, 7) is 6.93. The lowest BCUT2D eigenvalue weighted by molar-refractivity contribution is 0.570. The quantitative estimate of drug-likeness (QED) is 0.504. The van der Waals surface area contributed by atoms with Gasteiger partial charge in [0.15, 0.2) is 5.58 Å². The summed E-state index contributed by atoms with van der Waals surface area (Å²) < 4.78 is 5.84. The fourth-order valence-electron chi connectivity index (χ4n) is 3.17. The standard InChI is InChI=1S/C22H22N4O.H2S/c1-14-4-6-17(7-5-14)19-11-21(26-13-25-19)24-12-15(2)18-8-9-23-20-10-16(3)27-22(18)20;/h4-11,13,15H,12H2,1-3H3,(H,24,25,26);1H2/t15-;/m1./s1. The van der Waals surface area contributed by atoms with E-state index in [4.69, 9.17) is 4.42 Å². The Hall–Kier alpha value is -2.86. The second-order valence-electron chi connectivity index (χ2n) is 6.91. The zero-order valence-electron chi connectivity index (χ0n) is 16.2. The van der Waals surface area contributed by atoms with E-state index >= 15 is 0 Å². The van der Waals surface area contributed by atoms with Gasteiger partial charge in [0.1, 0.15) is 23.4 Å². The highest BCUT2D eigenvalue weighted by Crippen LogP contribution is 2.27. The smallest absolute Gasteiger partial charge is 0.156 e. The van der Waals surface area contributed by atoms with Crippen molar-refractivity contribution in [3.05, 3.63) is 71.9 Å². The molecule has 0 aliphatic carbocycles. The van der Waals surface area contributed by atoms with E-state index in [1.165, 1.54) is 5.56 Å². The number of nitrogens with one attached hydrogen (secondary N) is 1. The second kappa shape index (κ2) is 8.44. The molecule has 1 N–H and O–H groups in total. The molecule has 6 heteroatoms. The summed E-state index contributed by atoms with van der Waals surface area (Å²) in [5.74, 6) is 1.94. The van der Waals surface area contributed by atoms with E-state index in [2.05, 4.69) is 58.4 Å². The van der Waals surface area contributed by atoms with Gasteiger partial charge in [-0.05, 0) is 19.9 Å². The van der Waals surface area contributed by atoms with Crippen LogP contribution in [0.2, 0.25) is 0 Å². The zero-order chi connectivity index (χ0) is 18.8. The number of hydrogen-bond acceptors (Lipinski definition) is 5. The molecule has 1 atom stereocenters. The Labute approximate surface area is 171 Å². The van der Waals surface area contributed by atoms with Crippen molar-refractivity contribution in [1.82, 2.24) is 15.0 Å². The van der Waals surface area contributed by atoms with Gasteiger partial charge in [0.25, 0.3) is 0 Å². The third-order valence-corrected chi connectivity index (χ3v) is 4.70. The number of pyridine rings is 1. The van der Waals surface area contributed by atoms with Crippen LogP contribution in [-0.2, 0) is 0 Å². The lowest BCUT2D eigenvalue weighted by Crippen LogP contribution is -2.11. The summed E-state index contributed by atoms with van der Waals surface area (Å²) in [6, 6.07) is 14.3. The SMILES string of the molecule is Cc1ccc(-c2cc(NC[C@@H](C)c3ccnc4cc(C)oc34)ncn2)cc1.S. The first-order valence-corrected chi connectivity index (χ1v) is 9.08. The van der Waals surface area contributed by atoms with Crippen LogP contribution in [0.4, 0.5) is 5.82 Å². The predicted octanol–water partition coefficient (Wildman–Crippen LogP) is 5.23. The third-order valence-electron chi connectivity index (χ3n) is 4.70. The summed E-state index contributed by atoms with van der Waals surface area (Å²) in [7, 11) is 0. The molecule has 3 heterocycles. The number of anilines is 1. The number of aryl methyl sites for hydroxylation is 2. The Morgan fingerprint density at radius 1 is 1.00 bits per heavy atom. The van der Waals surface area contributed by atoms with Gasteiger partial charge in [-0.1, -0.05) is 36.8 Å². The molecule has 0 radical (unpaired) electrons. The van der Waals surface area contributed by atoms with Crippen LogP contribution in [0.5, 0.6) is 0 Å². The molecule has 0 aliphatic rings. The number of benzene rings is 1. The molecule has 28 heavy (non-hydrogen) atoms. The number of furan rings is 1. The van der Waals surface area contributed by atoms with Gasteiger partial charge >= 0.3 is 0 Å². The van der Waals surface area contributed by atoms with Crippen molar-refractivity contribution in [2.24, 2.45) is 0 Å². The number of hydrogen-bond donors (Lipinski definition) is 1. The minimum absolute atomic E-state index is 0. The van der Waals surface area contributed by atoms with Crippen molar-refractivity contribution in [1.29, 1.82) is 0 Å². The molecule has 5 nitrogen and oxygen atoms in total. The lowest BCUT2D eigenvalue weighted by atomic mass is 10.0. The van der Waals surface area contributed by atoms with E-state index in [9.17, 15) is 0 Å². The fourth-order valence-corrected chi connectivity index (χ4v) is 3.17. The van der Waals surface area contributed by atoms with Crippen LogP contribution in [-0.4, -0.2) is 21.5 Å². The van der Waals surface area contributed by atoms with Crippen LogP contribution in [0.25, 0.3) is 22.4 Å². The van der Waals surface area contributed by atoms with E-state index < -0.39 is 0 Å². The molecule has 3 aromatic heterocycles. The summed E-state index contributed by atoms with van der Waals surface area (Å²) in [4.78, 5) is 13.1. The van der Waals surface area contributed by atoms with Gasteiger partial charge in [-0.3, -0.25) is 4.98 Å². The topological polar surface area (TPSA) is 63.8 Å². The maximum Gasteiger partial charge on any atom is 0.156 e. The Balaban J connectivity index is 0.00000225. The zero-order valence-corrected chi connectivity index (χ0v) is 17.2. The number of fused-ring (bicyclic) bond motifs is 1. The van der Waals surface area contributed by atoms with Gasteiger partial charge in [0, 0.05) is 41.9 Å². The predicted molar refractivity (Wildman–Crippen MR) is 118 cm³/mol. The minimum Gasteiger partial charge on any atom is -0.459 e. The Morgan fingerprint density at radius 3 is 2.57 bits per heavy atom. The number of nitrogens with zero attached hydrogens (tertiary/aromatic N) is 3. The highest BCUT2D eigenvalue weighted by atomic mass is 32.1. The van der Waals surface area contributed by atoms with Crippen molar-refractivity contribution >= 4 is 30.4 Å². The molecule has 0 saturated heterocycles. The summed E-state index contributed by atoms with van der Waals surface area (Å²) in [6.07, 6.45) is 3.44. The van der Waals surface area contributed by atoms with Crippen LogP contribution in [0.3, 0.4) is 0 Å². The van der Waals surface area contributed by atoms with Gasteiger partial charge in [-0.15, -0.1) is 0 Å². The van der Waals surface area contributed by atoms with Gasteiger partial charge in [-0.25, -0.2) is 9.97 Å². The van der Waals surface area contributed by atoms with Gasteiger partial charge in [0.2, 0.25) is 0 Å². The summed E-state index contributed by atoms with van der Waals surface area (Å²) in [5.41, 5.74) is 6.15. The summed E-state index contributed by atoms with van der Waals surface area (Å²) in [5, 5.41) is 3.42. The van der Waals surface area contributed by atoms with E-state index in [1.54, 1.807) is 6.33 Å². The highest BCUT2D eigenvalue weighted by Gasteiger charge is 2.14. The molecular weight excluding hydrogens is 368 g/mol. The van der Waals surface area contributed by atoms with Gasteiger partial charge < -0.3 is 9.73 Å². The first-order valence-electron chi connectivity index (χ1n) is 9.08. The van der Waals surface area contributed by atoms with Crippen LogP contribution in [0.15, 0.2) is 59.4 Å². The van der Waals surface area contributed by atoms with Crippen LogP contribution in [0, 0.1) is 13.8 Å². The maximum absolute atomic E-state index is 5.84. The third kappa shape index (κ3) is 4.17. The molecule has 4 aromatic rings. The molecule has 0 fully saturated rings. The first kappa shape index (κ1) is 19.9. The molecule has 4 rings (SSSR count). The number of rotatable bonds is 5. The monoisotopic (exact) mass is 392 g/mol. The second-order valence-corrected chi connectivity index (χ2v) is 6.91. The van der Waals surface area contributed by atoms with E-state index in [0.717, 1.165) is 46.0 Å². The molecule has 0 spiro atoms. The Kier molecular flexibility index (Phi) is 5.99. The van der Waals surface area contributed by atoms with E-state index in [1.807, 2.05) is 31.3 Å². The summed E-state index contributed by atoms with van der Waals surface area (Å²) >= 11 is 0. The van der Waals surface area contributed by atoms with Gasteiger partial charge in [-0.2, -0.15) is 13.5 Å². The molecular formula is C22H24N4OS. The van der Waals surface area contributed by atoms with Crippen LogP contribution >= 0.6 is 13.5 Å². The van der Waals surface area contributed by atoms with Gasteiger partial charge in [0.05, 0.1) is 5.69 Å². The molecule has 0 amide bonds. The Bertz CT molecular complexity index is 1080. The van der Waals surface area contributed by atoms with E-state index in [0.29, 0.717) is 0 Å². The lowest BCUT2D eigenvalue weighted by Gasteiger charge is -2.14. The maximum atomic E-state index is 5.84. The average Bonchev–Trinajstić information content (AvgIpc) is 3.07. The Morgan fingerprint density at radius 2 is 1.79 bits per heavy atom. The first-order chi connectivity index (χ1) is 13.1. The average molecular weight is 393 g/mol. The highest BCUT2D eigenvalue weighted by molar-refractivity contribution is 7.59. The van der Waals surface area contributed by atoms with Crippen molar-refractivity contribution in [3.8, 4) is 11.3 Å². The molecule has 1 aromatic carbocycles. The van der Waals surface area contributed by atoms with Crippen molar-refractivity contribution < 1.29 is 4.42 Å². The van der Waals surface area contributed by atoms with Crippen LogP contribution < -0.4 is 5.32 Å². The molecule has 0 saturated carbocycles. The minimum atomic E-state index is 0. The molecule has 0 aliphatic heterocycles. The normalized spacial score (nSPS) is 11.8. The molecule has 0 unspecified atom stereocenters. The fraction of sp³-hybridized carbons (Fsp3) is 0.227. The van der Waals surface area contributed by atoms with E-state index in [-0.39, 0.29) is 19.4 Å². The largest absolute Gasteiger partial charge is 0.459 e. The molecule has 144 valence electrons. The number of aromatic nitrogens is 3. The van der Waals surface area contributed by atoms with Crippen LogP contribution in [0.1, 0.15) is 29.7 Å². The van der Waals surface area contributed by atoms with Crippen molar-refractivity contribution in [2.75, 3.05) is 11.9 Å². The molecule has 0 bridgehead atoms.